The third-order valence-corrected chi connectivity index (χ3v) is 8.66. The van der Waals surface area contributed by atoms with Crippen molar-refractivity contribution in [3.63, 3.8) is 0 Å². The lowest BCUT2D eigenvalue weighted by molar-refractivity contribution is -0.311. The topological polar surface area (TPSA) is 166 Å². The van der Waals surface area contributed by atoms with Crippen LogP contribution in [-0.2, 0) is 21.5 Å². The highest BCUT2D eigenvalue weighted by Gasteiger charge is 2.59. The number of aliphatic hydroxyl groups is 3. The molecule has 2 aliphatic heterocycles. The number of carbonyl (C=O) groups excluding carboxylic acids is 2. The Hall–Kier alpha value is -3.06. The van der Waals surface area contributed by atoms with Crippen LogP contribution in [0.5, 0.6) is 17.2 Å². The number of fused-ring (bicyclic) bond motifs is 8. The molecule has 7 atom stereocenters. The second kappa shape index (κ2) is 8.23. The second-order valence-electron chi connectivity index (χ2n) is 11.6. The molecule has 0 amide bonds. The van der Waals surface area contributed by atoms with E-state index in [2.05, 4.69) is 0 Å². The van der Waals surface area contributed by atoms with Gasteiger partial charge in [0.25, 0.3) is 0 Å². The van der Waals surface area contributed by atoms with Crippen LogP contribution in [0.4, 0.5) is 0 Å². The maximum Gasteiger partial charge on any atom is 0.228 e. The van der Waals surface area contributed by atoms with Crippen molar-refractivity contribution in [2.75, 3.05) is 21.2 Å². The standard InChI is InChI=1S/C28H31NO10/c1-27(36)8-10-6-11-16(21(32)15(10)14(9-27)37-5)22(33)17-13(30)7-12-24(18(17)20(11)31)38-26-23(34)19(29(3)4)25(35)28(12,2)39-26/h6-7,14,19,23,25-26,30,32,34-36H,8-9H2,1-5H3/t14-,19+,23+,25-,26?,27-,28?/m1/s1. The molecular formula is C28H31NO10. The lowest BCUT2D eigenvalue weighted by atomic mass is 9.72. The molecule has 208 valence electrons. The highest BCUT2D eigenvalue weighted by atomic mass is 16.7. The smallest absolute Gasteiger partial charge is 0.228 e. The third kappa shape index (κ3) is 3.38. The molecule has 11 nitrogen and oxygen atoms in total. The Labute approximate surface area is 224 Å². The van der Waals surface area contributed by atoms with Gasteiger partial charge in [0.2, 0.25) is 12.1 Å². The zero-order chi connectivity index (χ0) is 28.3. The molecule has 2 aromatic carbocycles. The van der Waals surface area contributed by atoms with Crippen LogP contribution in [-0.4, -0.2) is 93.3 Å². The lowest BCUT2D eigenvalue weighted by Crippen LogP contribution is -2.68. The summed E-state index contributed by atoms with van der Waals surface area (Å²) in [6.07, 6.45) is -4.29. The predicted octanol–water partition coefficient (Wildman–Crippen LogP) is 0.874. The number of hydrogen-bond acceptors (Lipinski definition) is 11. The molecule has 2 bridgehead atoms. The maximum atomic E-state index is 14.1. The van der Waals surface area contributed by atoms with E-state index in [4.69, 9.17) is 14.2 Å². The average Bonchev–Trinajstić information content (AvgIpc) is 2.84. The first-order chi connectivity index (χ1) is 18.2. The summed E-state index contributed by atoms with van der Waals surface area (Å²) in [6.45, 7) is 3.19. The predicted molar refractivity (Wildman–Crippen MR) is 134 cm³/mol. The third-order valence-electron chi connectivity index (χ3n) is 8.66. The molecule has 0 aromatic heterocycles. The van der Waals surface area contributed by atoms with Crippen LogP contribution in [0.1, 0.15) is 74.9 Å². The highest BCUT2D eigenvalue weighted by Crippen LogP contribution is 2.54. The van der Waals surface area contributed by atoms with E-state index >= 15 is 0 Å². The molecule has 2 aliphatic carbocycles. The molecule has 11 heteroatoms. The first-order valence-electron chi connectivity index (χ1n) is 12.7. The molecule has 0 radical (unpaired) electrons. The number of likely N-dealkylation sites (N-methyl/N-ethyl adjacent to an activating group) is 1. The quantitative estimate of drug-likeness (QED) is 0.312. The first-order valence-corrected chi connectivity index (χ1v) is 12.7. The number of nitrogens with zero attached hydrogens (tertiary/aromatic N) is 1. The zero-order valence-electron chi connectivity index (χ0n) is 22.2. The summed E-state index contributed by atoms with van der Waals surface area (Å²) in [5, 5.41) is 55.4. The summed E-state index contributed by atoms with van der Waals surface area (Å²) in [7, 11) is 4.80. The summed E-state index contributed by atoms with van der Waals surface area (Å²) >= 11 is 0. The summed E-state index contributed by atoms with van der Waals surface area (Å²) in [6, 6.07) is 1.90. The number of rotatable bonds is 2. The fraction of sp³-hybridized carbons (Fsp3) is 0.500. The fourth-order valence-electron chi connectivity index (χ4n) is 6.76. The van der Waals surface area contributed by atoms with Crippen LogP contribution in [0, 0.1) is 0 Å². The van der Waals surface area contributed by atoms with E-state index in [1.807, 2.05) is 0 Å². The maximum absolute atomic E-state index is 14.1. The second-order valence-corrected chi connectivity index (χ2v) is 11.6. The van der Waals surface area contributed by atoms with E-state index in [1.165, 1.54) is 19.2 Å². The Morgan fingerprint density at radius 1 is 1.05 bits per heavy atom. The molecule has 5 N–H and O–H groups in total. The van der Waals surface area contributed by atoms with E-state index in [9.17, 15) is 35.1 Å². The minimum Gasteiger partial charge on any atom is -0.507 e. The minimum atomic E-state index is -1.50. The van der Waals surface area contributed by atoms with Gasteiger partial charge < -0.3 is 44.6 Å². The van der Waals surface area contributed by atoms with Gasteiger partial charge in [-0.3, -0.25) is 9.59 Å². The molecule has 4 aliphatic rings. The number of aromatic hydroxyl groups is 2. The van der Waals surface area contributed by atoms with Crippen molar-refractivity contribution in [1.29, 1.82) is 0 Å². The van der Waals surface area contributed by atoms with Gasteiger partial charge in [0, 0.05) is 36.6 Å². The SMILES string of the molecule is CO[C@@H]1C[C@](C)(O)Cc2cc3c(c(O)c21)C(=O)c1c(O)cc2c(c1C3=O)OC1OC2(C)[C@H](O)[C@@H](N(C)C)[C@@H]1O. The van der Waals surface area contributed by atoms with Crippen molar-refractivity contribution in [3.8, 4) is 17.2 Å². The summed E-state index contributed by atoms with van der Waals surface area (Å²) in [4.78, 5) is 29.5. The first kappa shape index (κ1) is 26.2. The largest absolute Gasteiger partial charge is 0.507 e. The van der Waals surface area contributed by atoms with Gasteiger partial charge in [-0.25, -0.2) is 0 Å². The van der Waals surface area contributed by atoms with Gasteiger partial charge in [0.1, 0.15) is 35.1 Å². The number of methoxy groups -OCH3 is 1. The van der Waals surface area contributed by atoms with Crippen molar-refractivity contribution < 1.29 is 49.3 Å². The number of hydrogen-bond donors (Lipinski definition) is 5. The summed E-state index contributed by atoms with van der Waals surface area (Å²) in [5.74, 6) is -2.54. The van der Waals surface area contributed by atoms with E-state index in [0.717, 1.165) is 0 Å². The van der Waals surface area contributed by atoms with Gasteiger partial charge >= 0.3 is 0 Å². The fourth-order valence-corrected chi connectivity index (χ4v) is 6.76. The zero-order valence-corrected chi connectivity index (χ0v) is 22.2. The van der Waals surface area contributed by atoms with Crippen LogP contribution in [0.15, 0.2) is 12.1 Å². The number of phenolic OH excluding ortho intramolecular Hbond substituents is 2. The van der Waals surface area contributed by atoms with Gasteiger partial charge in [-0.05, 0) is 45.6 Å². The number of benzene rings is 2. The molecule has 2 heterocycles. The molecule has 0 saturated carbocycles. The highest BCUT2D eigenvalue weighted by molar-refractivity contribution is 6.31. The summed E-state index contributed by atoms with van der Waals surface area (Å²) in [5.41, 5.74) is -2.71. The van der Waals surface area contributed by atoms with Gasteiger partial charge in [-0.15, -0.1) is 0 Å². The van der Waals surface area contributed by atoms with Crippen molar-refractivity contribution in [2.45, 2.75) is 68.5 Å². The van der Waals surface area contributed by atoms with E-state index in [1.54, 1.807) is 32.8 Å². The Kier molecular flexibility index (Phi) is 5.52. The molecule has 0 spiro atoms. The minimum absolute atomic E-state index is 0.0835. The number of aliphatic hydroxyl groups excluding tert-OH is 2. The van der Waals surface area contributed by atoms with Gasteiger partial charge in [-0.2, -0.15) is 0 Å². The normalized spacial score (nSPS) is 34.6. The lowest BCUT2D eigenvalue weighted by Gasteiger charge is -2.53. The van der Waals surface area contributed by atoms with Crippen LogP contribution in [0.2, 0.25) is 0 Å². The number of carbonyl (C=O) groups is 2. The summed E-state index contributed by atoms with van der Waals surface area (Å²) < 4.78 is 17.4. The van der Waals surface area contributed by atoms with Crippen LogP contribution in [0.3, 0.4) is 0 Å². The Morgan fingerprint density at radius 3 is 2.38 bits per heavy atom. The van der Waals surface area contributed by atoms with E-state index in [-0.39, 0.29) is 46.4 Å². The van der Waals surface area contributed by atoms with Crippen LogP contribution >= 0.6 is 0 Å². The van der Waals surface area contributed by atoms with Gasteiger partial charge in [0.15, 0.2) is 5.78 Å². The molecule has 39 heavy (non-hydrogen) atoms. The number of ketones is 2. The molecular weight excluding hydrogens is 510 g/mol. The Morgan fingerprint density at radius 2 is 1.74 bits per heavy atom. The molecule has 1 saturated heterocycles. The van der Waals surface area contributed by atoms with Crippen molar-refractivity contribution in [2.24, 2.45) is 0 Å². The Balaban J connectivity index is 1.58. The van der Waals surface area contributed by atoms with E-state index < -0.39 is 64.9 Å². The van der Waals surface area contributed by atoms with E-state index in [0.29, 0.717) is 11.1 Å². The molecule has 6 rings (SSSR count). The van der Waals surface area contributed by atoms with Gasteiger partial charge in [0.05, 0.1) is 34.4 Å². The number of phenols is 2. The number of ether oxygens (including phenoxy) is 3. The van der Waals surface area contributed by atoms with Gasteiger partial charge in [-0.1, -0.05) is 0 Å². The molecule has 1 fully saturated rings. The van der Waals surface area contributed by atoms with Crippen LogP contribution in [0.25, 0.3) is 0 Å². The van der Waals surface area contributed by atoms with Crippen LogP contribution < -0.4 is 4.74 Å². The molecule has 2 aromatic rings. The Bertz CT molecular complexity index is 1450. The van der Waals surface area contributed by atoms with Crippen molar-refractivity contribution in [1.82, 2.24) is 4.90 Å². The molecule has 2 unspecified atom stereocenters. The average molecular weight is 542 g/mol. The van der Waals surface area contributed by atoms with Crippen molar-refractivity contribution in [3.05, 3.63) is 51.1 Å². The van der Waals surface area contributed by atoms with Crippen molar-refractivity contribution >= 4 is 11.6 Å². The monoisotopic (exact) mass is 541 g/mol.